The fourth-order valence-electron chi connectivity index (χ4n) is 3.50. The fourth-order valence-corrected chi connectivity index (χ4v) is 19.4. The second-order valence-corrected chi connectivity index (χ2v) is 19.8. The number of unbranched alkanes of at least 4 members (excludes halogenated alkanes) is 3. The van der Waals surface area contributed by atoms with Gasteiger partial charge in [-0.2, -0.15) is 0 Å². The van der Waals surface area contributed by atoms with Crippen molar-refractivity contribution < 1.29 is 0 Å². The standard InChI is InChI=1S/C6H4N3.3C4H9.Sn/c1-2-4-9-6(3-1)7-5-8-9;3*1-3-4-2;/h2-5H;3*1,3-4H2,2H3;. The fraction of sp³-hybridized carbons (Fsp3) is 0.667. The van der Waals surface area contributed by atoms with Gasteiger partial charge in [0.1, 0.15) is 0 Å². The third-order valence-corrected chi connectivity index (χ3v) is 20.5. The molecule has 3 nitrogen and oxygen atoms in total. The first-order valence-corrected chi connectivity index (χ1v) is 16.5. The minimum atomic E-state index is -2.29. The van der Waals surface area contributed by atoms with Crippen molar-refractivity contribution in [3.63, 3.8) is 0 Å². The summed E-state index contributed by atoms with van der Waals surface area (Å²) in [5, 5.41) is 4.26. The monoisotopic (exact) mass is 409 g/mol. The summed E-state index contributed by atoms with van der Waals surface area (Å²) in [6.45, 7) is 6.99. The third kappa shape index (κ3) is 4.24. The van der Waals surface area contributed by atoms with Crippen LogP contribution < -0.4 is 3.58 Å². The van der Waals surface area contributed by atoms with E-state index in [1.807, 2.05) is 4.52 Å². The number of fused-ring (bicyclic) bond motifs is 1. The molecule has 0 aliphatic rings. The van der Waals surface area contributed by atoms with Gasteiger partial charge in [0.25, 0.3) is 0 Å². The van der Waals surface area contributed by atoms with Crippen LogP contribution in [0.4, 0.5) is 0 Å². The molecular weight excluding hydrogens is 377 g/mol. The van der Waals surface area contributed by atoms with Crippen LogP contribution in [0.2, 0.25) is 13.3 Å². The quantitative estimate of drug-likeness (QED) is 0.530. The van der Waals surface area contributed by atoms with Gasteiger partial charge in [0.15, 0.2) is 0 Å². The van der Waals surface area contributed by atoms with E-state index in [9.17, 15) is 0 Å². The van der Waals surface area contributed by atoms with Crippen LogP contribution in [0.3, 0.4) is 0 Å². The van der Waals surface area contributed by atoms with E-state index in [-0.39, 0.29) is 0 Å². The van der Waals surface area contributed by atoms with Crippen LogP contribution in [0.1, 0.15) is 59.3 Å². The van der Waals surface area contributed by atoms with Crippen LogP contribution in [-0.4, -0.2) is 33.0 Å². The minimum absolute atomic E-state index is 1.03. The molecule has 0 spiro atoms. The Balaban J connectivity index is 2.36. The van der Waals surface area contributed by atoms with Gasteiger partial charge in [0.2, 0.25) is 0 Å². The molecule has 0 unspecified atom stereocenters. The number of rotatable bonds is 10. The Kier molecular flexibility index (Phi) is 7.19. The molecule has 0 saturated heterocycles. The van der Waals surface area contributed by atoms with E-state index in [2.05, 4.69) is 49.2 Å². The summed E-state index contributed by atoms with van der Waals surface area (Å²) < 4.78 is 8.12. The normalized spacial score (nSPS) is 12.1. The van der Waals surface area contributed by atoms with Gasteiger partial charge in [-0.3, -0.25) is 0 Å². The van der Waals surface area contributed by atoms with Gasteiger partial charge in [0.05, 0.1) is 0 Å². The number of aromatic nitrogens is 3. The molecule has 0 N–H and O–H groups in total. The Bertz CT molecular complexity index is 542. The molecule has 0 aliphatic carbocycles. The Morgan fingerprint density at radius 1 is 0.955 bits per heavy atom. The van der Waals surface area contributed by atoms with Gasteiger partial charge in [-0.15, -0.1) is 0 Å². The summed E-state index contributed by atoms with van der Waals surface area (Å²) >= 11 is -2.29. The van der Waals surface area contributed by atoms with E-state index < -0.39 is 18.4 Å². The van der Waals surface area contributed by atoms with Crippen LogP contribution in [0, 0.1) is 0 Å². The van der Waals surface area contributed by atoms with Gasteiger partial charge in [-0.05, 0) is 0 Å². The molecule has 2 heterocycles. The summed E-state index contributed by atoms with van der Waals surface area (Å²) in [5.41, 5.74) is 1.03. The van der Waals surface area contributed by atoms with E-state index >= 15 is 0 Å². The van der Waals surface area contributed by atoms with E-state index in [0.717, 1.165) is 5.65 Å². The van der Waals surface area contributed by atoms with Crippen LogP contribution in [-0.2, 0) is 0 Å². The molecule has 0 fully saturated rings. The maximum atomic E-state index is 4.42. The van der Waals surface area contributed by atoms with Crippen molar-refractivity contribution in [3.05, 3.63) is 24.7 Å². The molecule has 2 aromatic heterocycles. The summed E-state index contributed by atoms with van der Waals surface area (Å²) in [5.74, 6) is 0. The van der Waals surface area contributed by atoms with Gasteiger partial charge in [-0.1, -0.05) is 0 Å². The predicted molar refractivity (Wildman–Crippen MR) is 97.5 cm³/mol. The van der Waals surface area contributed by atoms with Gasteiger partial charge < -0.3 is 0 Å². The molecule has 0 aliphatic heterocycles. The van der Waals surface area contributed by atoms with Crippen molar-refractivity contribution in [3.8, 4) is 0 Å². The van der Waals surface area contributed by atoms with Crippen molar-refractivity contribution in [1.29, 1.82) is 0 Å². The zero-order chi connectivity index (χ0) is 15.8. The topological polar surface area (TPSA) is 30.2 Å². The second-order valence-electron chi connectivity index (χ2n) is 6.57. The van der Waals surface area contributed by atoms with Crippen molar-refractivity contribution >= 4 is 27.6 Å². The Hall–Kier alpha value is -0.581. The molecule has 0 saturated carbocycles. The van der Waals surface area contributed by atoms with Crippen LogP contribution in [0.25, 0.3) is 5.65 Å². The average molecular weight is 408 g/mol. The van der Waals surface area contributed by atoms with Crippen molar-refractivity contribution in [2.75, 3.05) is 0 Å². The summed E-state index contributed by atoms with van der Waals surface area (Å²) in [7, 11) is 0. The van der Waals surface area contributed by atoms with Crippen LogP contribution in [0.5, 0.6) is 0 Å². The van der Waals surface area contributed by atoms with E-state index in [1.165, 1.54) is 51.8 Å². The molecule has 2 aromatic rings. The molecule has 0 aromatic carbocycles. The number of hydrogen-bond acceptors (Lipinski definition) is 2. The van der Waals surface area contributed by atoms with E-state index in [4.69, 9.17) is 0 Å². The van der Waals surface area contributed by atoms with Gasteiger partial charge in [-0.25, -0.2) is 0 Å². The maximum absolute atomic E-state index is 4.42. The summed E-state index contributed by atoms with van der Waals surface area (Å²) in [6.07, 6.45) is 12.0. The Labute approximate surface area is 139 Å². The van der Waals surface area contributed by atoms with Crippen LogP contribution in [0.15, 0.2) is 24.7 Å². The van der Waals surface area contributed by atoms with Crippen molar-refractivity contribution in [2.24, 2.45) is 0 Å². The van der Waals surface area contributed by atoms with Gasteiger partial charge >= 0.3 is 139 Å². The second kappa shape index (κ2) is 8.90. The molecule has 4 heteroatoms. The van der Waals surface area contributed by atoms with E-state index in [0.29, 0.717) is 0 Å². The zero-order valence-electron chi connectivity index (χ0n) is 14.5. The Morgan fingerprint density at radius 3 is 2.09 bits per heavy atom. The van der Waals surface area contributed by atoms with Crippen molar-refractivity contribution in [1.82, 2.24) is 14.6 Å². The molecule has 0 radical (unpaired) electrons. The summed E-state index contributed by atoms with van der Waals surface area (Å²) in [6, 6.07) is 4.74. The van der Waals surface area contributed by atoms with Crippen LogP contribution >= 0.6 is 0 Å². The van der Waals surface area contributed by atoms with Gasteiger partial charge in [0, 0.05) is 0 Å². The Morgan fingerprint density at radius 2 is 1.55 bits per heavy atom. The molecule has 122 valence electrons. The third-order valence-electron chi connectivity index (χ3n) is 4.92. The van der Waals surface area contributed by atoms with Crippen molar-refractivity contribution in [2.45, 2.75) is 72.6 Å². The SMILES string of the molecule is CCC[CH2][Sn]([CH2]CCC)([CH2]CCC)[c]1ccn2ncnc2c1. The predicted octanol–water partition coefficient (Wildman–Crippen LogP) is 4.79. The first kappa shape index (κ1) is 17.8. The molecule has 2 rings (SSSR count). The number of hydrogen-bond donors (Lipinski definition) is 0. The number of pyridine rings is 1. The number of nitrogens with zero attached hydrogens (tertiary/aromatic N) is 3. The zero-order valence-corrected chi connectivity index (χ0v) is 17.4. The summed E-state index contributed by atoms with van der Waals surface area (Å²) in [4.78, 5) is 4.42. The first-order valence-electron chi connectivity index (χ1n) is 9.05. The molecule has 0 atom stereocenters. The average Bonchev–Trinajstić information content (AvgIpc) is 3.02. The molecular formula is C18H31N3Sn. The molecule has 0 bridgehead atoms. The van der Waals surface area contributed by atoms with E-state index in [1.54, 1.807) is 9.91 Å². The molecule has 22 heavy (non-hydrogen) atoms. The first-order chi connectivity index (χ1) is 10.8. The molecule has 0 amide bonds.